The highest BCUT2D eigenvalue weighted by Crippen LogP contribution is 2.35. The second-order valence-electron chi connectivity index (χ2n) is 4.96. The molecule has 0 spiro atoms. The van der Waals surface area contributed by atoms with E-state index in [0.29, 0.717) is 0 Å². The molecule has 0 radical (unpaired) electrons. The summed E-state index contributed by atoms with van der Waals surface area (Å²) >= 11 is 3.48. The van der Waals surface area contributed by atoms with E-state index in [9.17, 15) is 4.79 Å². The molecule has 1 amide bonds. The van der Waals surface area contributed by atoms with Crippen LogP contribution in [-0.4, -0.2) is 25.0 Å². The van der Waals surface area contributed by atoms with Gasteiger partial charge in [0.15, 0.2) is 0 Å². The Morgan fingerprint density at radius 2 is 2.28 bits per heavy atom. The number of amides is 1. The largest absolute Gasteiger partial charge is 0.397 e. The van der Waals surface area contributed by atoms with Crippen LogP contribution in [0.2, 0.25) is 0 Å². The molecule has 2 saturated heterocycles. The molecule has 0 aromatic heterocycles. The second-order valence-corrected chi connectivity index (χ2v) is 5.87. The van der Waals surface area contributed by atoms with Gasteiger partial charge in [0.25, 0.3) is 0 Å². The third kappa shape index (κ3) is 1.86. The van der Waals surface area contributed by atoms with Crippen LogP contribution in [0.5, 0.6) is 0 Å². The summed E-state index contributed by atoms with van der Waals surface area (Å²) in [6.45, 7) is 1.70. The number of nitrogens with two attached hydrogens (primary N) is 1. The summed E-state index contributed by atoms with van der Waals surface area (Å²) in [5, 5.41) is 2.96. The van der Waals surface area contributed by atoms with Gasteiger partial charge < -0.3 is 16.0 Å². The highest BCUT2D eigenvalue weighted by Gasteiger charge is 2.41. The van der Waals surface area contributed by atoms with Gasteiger partial charge in [-0.15, -0.1) is 0 Å². The molecular formula is C13H16BrN3O. The van der Waals surface area contributed by atoms with Gasteiger partial charge in [-0.3, -0.25) is 4.79 Å². The molecule has 3 rings (SSSR count). The van der Waals surface area contributed by atoms with Crippen molar-refractivity contribution in [3.63, 3.8) is 0 Å². The first-order valence-corrected chi connectivity index (χ1v) is 7.05. The van der Waals surface area contributed by atoms with Gasteiger partial charge in [0.1, 0.15) is 0 Å². The molecule has 0 saturated carbocycles. The van der Waals surface area contributed by atoms with E-state index in [1.807, 2.05) is 18.2 Å². The summed E-state index contributed by atoms with van der Waals surface area (Å²) in [7, 11) is 0. The summed E-state index contributed by atoms with van der Waals surface area (Å²) in [5.41, 5.74) is 7.88. The smallest absolute Gasteiger partial charge is 0.225 e. The maximum Gasteiger partial charge on any atom is 0.225 e. The molecule has 1 aromatic carbocycles. The first-order chi connectivity index (χ1) is 8.66. The molecule has 2 heterocycles. The van der Waals surface area contributed by atoms with Crippen molar-refractivity contribution in [3.05, 3.63) is 22.7 Å². The molecule has 3 N–H and O–H groups in total. The molecule has 2 fully saturated rings. The van der Waals surface area contributed by atoms with Gasteiger partial charge in [-0.25, -0.2) is 0 Å². The standard InChI is InChI=1S/C13H16BrN3O/c14-8-3-4-10(15)11(6-8)17-5-1-2-9-12(17)7-16-13(9)18/h3-4,6,9,12H,1-2,5,7,15H2,(H,16,18). The minimum absolute atomic E-state index is 0.122. The lowest BCUT2D eigenvalue weighted by Crippen LogP contribution is -2.46. The van der Waals surface area contributed by atoms with Gasteiger partial charge in [0.2, 0.25) is 5.91 Å². The summed E-state index contributed by atoms with van der Waals surface area (Å²) in [6, 6.07) is 6.15. The molecule has 0 bridgehead atoms. The van der Waals surface area contributed by atoms with Crippen molar-refractivity contribution < 1.29 is 4.79 Å². The van der Waals surface area contributed by atoms with Crippen LogP contribution in [0.15, 0.2) is 22.7 Å². The van der Waals surface area contributed by atoms with Gasteiger partial charge in [0, 0.05) is 17.6 Å². The van der Waals surface area contributed by atoms with Crippen LogP contribution in [0.4, 0.5) is 11.4 Å². The third-order valence-electron chi connectivity index (χ3n) is 3.90. The van der Waals surface area contributed by atoms with Gasteiger partial charge in [-0.2, -0.15) is 0 Å². The fraction of sp³-hybridized carbons (Fsp3) is 0.462. The summed E-state index contributed by atoms with van der Waals surface area (Å²) in [5.74, 6) is 0.315. The molecule has 4 nitrogen and oxygen atoms in total. The van der Waals surface area contributed by atoms with E-state index in [1.165, 1.54) is 0 Å². The molecule has 2 atom stereocenters. The Kier molecular flexibility index (Phi) is 2.93. The number of fused-ring (bicyclic) bond motifs is 1. The van der Waals surface area contributed by atoms with Crippen molar-refractivity contribution in [1.29, 1.82) is 0 Å². The summed E-state index contributed by atoms with van der Waals surface area (Å²) in [6.07, 6.45) is 2.03. The van der Waals surface area contributed by atoms with Crippen molar-refractivity contribution in [1.82, 2.24) is 5.32 Å². The zero-order valence-corrected chi connectivity index (χ0v) is 11.6. The predicted octanol–water partition coefficient (Wildman–Crippen LogP) is 1.75. The first-order valence-electron chi connectivity index (χ1n) is 6.26. The molecule has 96 valence electrons. The number of nitrogen functional groups attached to an aromatic ring is 1. The molecule has 2 aliphatic rings. The summed E-state index contributed by atoms with van der Waals surface area (Å²) in [4.78, 5) is 14.0. The fourth-order valence-electron chi connectivity index (χ4n) is 3.02. The number of hydrogen-bond acceptors (Lipinski definition) is 3. The molecule has 1 aromatic rings. The lowest BCUT2D eigenvalue weighted by molar-refractivity contribution is -0.122. The minimum atomic E-state index is 0.122. The normalized spacial score (nSPS) is 26.9. The van der Waals surface area contributed by atoms with E-state index in [-0.39, 0.29) is 17.9 Å². The number of carbonyl (C=O) groups excluding carboxylic acids is 1. The topological polar surface area (TPSA) is 58.4 Å². The number of benzene rings is 1. The quantitative estimate of drug-likeness (QED) is 0.777. The Bertz CT molecular complexity index is 491. The van der Waals surface area contributed by atoms with Crippen LogP contribution in [0, 0.1) is 5.92 Å². The van der Waals surface area contributed by atoms with Crippen molar-refractivity contribution in [2.45, 2.75) is 18.9 Å². The van der Waals surface area contributed by atoms with Crippen molar-refractivity contribution in [2.24, 2.45) is 5.92 Å². The highest BCUT2D eigenvalue weighted by atomic mass is 79.9. The zero-order valence-electron chi connectivity index (χ0n) is 10.0. The van der Waals surface area contributed by atoms with E-state index in [1.54, 1.807) is 0 Å². The van der Waals surface area contributed by atoms with E-state index >= 15 is 0 Å². The molecular weight excluding hydrogens is 294 g/mol. The SMILES string of the molecule is Nc1ccc(Br)cc1N1CCCC2C(=O)NCC21. The number of hydrogen-bond donors (Lipinski definition) is 2. The average Bonchev–Trinajstić information content (AvgIpc) is 2.75. The lowest BCUT2D eigenvalue weighted by atomic mass is 9.91. The first kappa shape index (κ1) is 11.8. The van der Waals surface area contributed by atoms with Crippen LogP contribution in [0.1, 0.15) is 12.8 Å². The maximum absolute atomic E-state index is 11.8. The maximum atomic E-state index is 11.8. The number of rotatable bonds is 1. The zero-order chi connectivity index (χ0) is 12.7. The minimum Gasteiger partial charge on any atom is -0.397 e. The van der Waals surface area contributed by atoms with Crippen LogP contribution in [0.25, 0.3) is 0 Å². The van der Waals surface area contributed by atoms with E-state index in [4.69, 9.17) is 5.73 Å². The molecule has 2 aliphatic heterocycles. The second kappa shape index (κ2) is 4.46. The lowest BCUT2D eigenvalue weighted by Gasteiger charge is -2.38. The Hall–Kier alpha value is -1.23. The Morgan fingerprint density at radius 1 is 1.44 bits per heavy atom. The highest BCUT2D eigenvalue weighted by molar-refractivity contribution is 9.10. The number of carbonyl (C=O) groups is 1. The van der Waals surface area contributed by atoms with Crippen molar-refractivity contribution in [2.75, 3.05) is 23.7 Å². The Labute approximate surface area is 115 Å². The number of piperidine rings is 1. The number of nitrogens with one attached hydrogen (secondary N) is 1. The number of halogens is 1. The Morgan fingerprint density at radius 3 is 3.11 bits per heavy atom. The molecule has 18 heavy (non-hydrogen) atoms. The van der Waals surface area contributed by atoms with E-state index in [0.717, 1.165) is 41.8 Å². The van der Waals surface area contributed by atoms with Gasteiger partial charge in [0.05, 0.1) is 23.3 Å². The monoisotopic (exact) mass is 309 g/mol. The van der Waals surface area contributed by atoms with Crippen LogP contribution < -0.4 is 16.0 Å². The predicted molar refractivity (Wildman–Crippen MR) is 75.4 cm³/mol. The summed E-state index contributed by atoms with van der Waals surface area (Å²) < 4.78 is 1.02. The van der Waals surface area contributed by atoms with Crippen LogP contribution in [0.3, 0.4) is 0 Å². The third-order valence-corrected chi connectivity index (χ3v) is 4.40. The van der Waals surface area contributed by atoms with Crippen LogP contribution >= 0.6 is 15.9 Å². The number of anilines is 2. The Balaban J connectivity index is 1.95. The fourth-order valence-corrected chi connectivity index (χ4v) is 3.37. The average molecular weight is 310 g/mol. The van der Waals surface area contributed by atoms with E-state index in [2.05, 4.69) is 26.1 Å². The van der Waals surface area contributed by atoms with Crippen molar-refractivity contribution in [3.8, 4) is 0 Å². The molecule has 2 unspecified atom stereocenters. The van der Waals surface area contributed by atoms with Crippen molar-refractivity contribution >= 4 is 33.2 Å². The van der Waals surface area contributed by atoms with Gasteiger partial charge in [-0.05, 0) is 31.0 Å². The van der Waals surface area contributed by atoms with Crippen LogP contribution in [-0.2, 0) is 4.79 Å². The molecule has 0 aliphatic carbocycles. The molecule has 5 heteroatoms. The van der Waals surface area contributed by atoms with Gasteiger partial charge in [-0.1, -0.05) is 15.9 Å². The van der Waals surface area contributed by atoms with E-state index < -0.39 is 0 Å². The number of nitrogens with zero attached hydrogens (tertiary/aromatic N) is 1. The van der Waals surface area contributed by atoms with Gasteiger partial charge >= 0.3 is 0 Å².